The molecule has 0 spiro atoms. The minimum atomic E-state index is 0. The summed E-state index contributed by atoms with van der Waals surface area (Å²) in [5.74, 6) is 0.855. The molecule has 1 unspecified atom stereocenters. The van der Waals surface area contributed by atoms with Crippen LogP contribution in [0.4, 0.5) is 5.69 Å². The van der Waals surface area contributed by atoms with Gasteiger partial charge in [0.2, 0.25) is 5.91 Å². The molecule has 1 fully saturated rings. The number of carbonyl (C=O) groups is 1. The van der Waals surface area contributed by atoms with E-state index in [-0.39, 0.29) is 24.4 Å². The van der Waals surface area contributed by atoms with Gasteiger partial charge in [0, 0.05) is 18.3 Å². The third-order valence-electron chi connectivity index (χ3n) is 5.15. The first-order valence-corrected chi connectivity index (χ1v) is 8.51. The van der Waals surface area contributed by atoms with Crippen LogP contribution in [0.2, 0.25) is 0 Å². The molecule has 128 valence electrons. The number of hydrogen-bond donors (Lipinski definition) is 1. The molecule has 0 aromatic heterocycles. The second-order valence-corrected chi connectivity index (χ2v) is 6.75. The molecule has 0 bridgehead atoms. The number of halogens is 1. The molecule has 1 aromatic carbocycles. The number of nitrogens with zero attached hydrogens (tertiary/aromatic N) is 2. The number of benzene rings is 1. The van der Waals surface area contributed by atoms with Crippen LogP contribution >= 0.6 is 12.4 Å². The summed E-state index contributed by atoms with van der Waals surface area (Å²) >= 11 is 0. The van der Waals surface area contributed by atoms with Gasteiger partial charge in [-0.2, -0.15) is 0 Å². The van der Waals surface area contributed by atoms with Crippen molar-refractivity contribution in [1.29, 1.82) is 0 Å². The Hall–Kier alpha value is -1.10. The Bertz CT molecular complexity index is 527. The molecule has 1 amide bonds. The number of nitrogens with two attached hydrogens (primary N) is 1. The zero-order valence-electron chi connectivity index (χ0n) is 13.9. The Morgan fingerprint density at radius 3 is 2.65 bits per heavy atom. The van der Waals surface area contributed by atoms with Gasteiger partial charge in [-0.15, -0.1) is 12.4 Å². The number of fused-ring (bicyclic) bond motifs is 1. The topological polar surface area (TPSA) is 49.6 Å². The van der Waals surface area contributed by atoms with Gasteiger partial charge in [-0.05, 0) is 63.2 Å². The monoisotopic (exact) mass is 337 g/mol. The van der Waals surface area contributed by atoms with Crippen LogP contribution in [0.25, 0.3) is 0 Å². The smallest absolute Gasteiger partial charge is 0.241 e. The number of likely N-dealkylation sites (tertiary alicyclic amines) is 1. The fourth-order valence-electron chi connectivity index (χ4n) is 3.71. The second-order valence-electron chi connectivity index (χ2n) is 6.75. The van der Waals surface area contributed by atoms with Crippen molar-refractivity contribution in [1.82, 2.24) is 4.90 Å². The van der Waals surface area contributed by atoms with E-state index in [1.807, 2.05) is 11.0 Å². The van der Waals surface area contributed by atoms with Gasteiger partial charge < -0.3 is 10.6 Å². The van der Waals surface area contributed by atoms with Crippen molar-refractivity contribution in [3.05, 3.63) is 29.8 Å². The Morgan fingerprint density at radius 1 is 1.26 bits per heavy atom. The minimum absolute atomic E-state index is 0. The summed E-state index contributed by atoms with van der Waals surface area (Å²) in [6.07, 6.45) is 4.37. The number of amides is 1. The van der Waals surface area contributed by atoms with Crippen LogP contribution in [0.3, 0.4) is 0 Å². The molecule has 2 aliphatic rings. The standard InChI is InChI=1S/C18H27N3O.ClH/c1-14(19)15-8-11-20(12-9-15)13-18(22)21-10-4-6-16-5-2-3-7-17(16)21;/h2-3,5,7,14-15H,4,6,8-13,19H2,1H3;1H. The largest absolute Gasteiger partial charge is 0.328 e. The average Bonchev–Trinajstić information content (AvgIpc) is 2.54. The van der Waals surface area contributed by atoms with Crippen molar-refractivity contribution in [2.75, 3.05) is 31.1 Å². The molecular weight excluding hydrogens is 310 g/mol. The van der Waals surface area contributed by atoms with E-state index in [4.69, 9.17) is 5.73 Å². The van der Waals surface area contributed by atoms with E-state index in [0.29, 0.717) is 12.5 Å². The summed E-state index contributed by atoms with van der Waals surface area (Å²) in [7, 11) is 0. The highest BCUT2D eigenvalue weighted by Gasteiger charge is 2.27. The van der Waals surface area contributed by atoms with Gasteiger partial charge >= 0.3 is 0 Å². The molecular formula is C18H28ClN3O. The van der Waals surface area contributed by atoms with E-state index in [1.54, 1.807) is 0 Å². The maximum atomic E-state index is 12.7. The first-order chi connectivity index (χ1) is 10.6. The lowest BCUT2D eigenvalue weighted by molar-refractivity contribution is -0.120. The zero-order chi connectivity index (χ0) is 15.5. The fourth-order valence-corrected chi connectivity index (χ4v) is 3.71. The summed E-state index contributed by atoms with van der Waals surface area (Å²) in [5.41, 5.74) is 8.41. The maximum Gasteiger partial charge on any atom is 0.241 e. The van der Waals surface area contributed by atoms with Crippen molar-refractivity contribution < 1.29 is 4.79 Å². The summed E-state index contributed by atoms with van der Waals surface area (Å²) in [6, 6.07) is 8.58. The van der Waals surface area contributed by atoms with E-state index >= 15 is 0 Å². The number of para-hydroxylation sites is 1. The highest BCUT2D eigenvalue weighted by atomic mass is 35.5. The summed E-state index contributed by atoms with van der Waals surface area (Å²) < 4.78 is 0. The molecule has 23 heavy (non-hydrogen) atoms. The highest BCUT2D eigenvalue weighted by molar-refractivity contribution is 5.95. The zero-order valence-corrected chi connectivity index (χ0v) is 14.7. The number of hydrogen-bond acceptors (Lipinski definition) is 3. The van der Waals surface area contributed by atoms with Crippen molar-refractivity contribution >= 4 is 24.0 Å². The number of aryl methyl sites for hydroxylation is 1. The first-order valence-electron chi connectivity index (χ1n) is 8.51. The summed E-state index contributed by atoms with van der Waals surface area (Å²) in [6.45, 7) is 5.48. The molecule has 1 atom stereocenters. The molecule has 3 rings (SSSR count). The van der Waals surface area contributed by atoms with Gasteiger partial charge in [0.05, 0.1) is 6.54 Å². The van der Waals surface area contributed by atoms with E-state index in [2.05, 4.69) is 30.0 Å². The van der Waals surface area contributed by atoms with Gasteiger partial charge in [0.25, 0.3) is 0 Å². The van der Waals surface area contributed by atoms with Gasteiger partial charge in [-0.3, -0.25) is 9.69 Å². The molecule has 2 aliphatic heterocycles. The number of piperidine rings is 1. The van der Waals surface area contributed by atoms with Crippen molar-refractivity contribution in [2.24, 2.45) is 11.7 Å². The number of rotatable bonds is 3. The van der Waals surface area contributed by atoms with Crippen molar-refractivity contribution in [3.8, 4) is 0 Å². The first kappa shape index (κ1) is 18.2. The van der Waals surface area contributed by atoms with Crippen LogP contribution in [0.15, 0.2) is 24.3 Å². The Balaban J connectivity index is 0.00000192. The molecule has 0 aliphatic carbocycles. The molecule has 1 saturated heterocycles. The predicted molar refractivity (Wildman–Crippen MR) is 97.2 cm³/mol. The maximum absolute atomic E-state index is 12.7. The van der Waals surface area contributed by atoms with Gasteiger partial charge in [0.15, 0.2) is 0 Å². The SMILES string of the molecule is CC(N)C1CCN(CC(=O)N2CCCc3ccccc32)CC1.Cl. The second kappa shape index (κ2) is 8.13. The van der Waals surface area contributed by atoms with Crippen LogP contribution in [0.1, 0.15) is 31.7 Å². The van der Waals surface area contributed by atoms with E-state index in [9.17, 15) is 4.79 Å². The minimum Gasteiger partial charge on any atom is -0.328 e. The fraction of sp³-hybridized carbons (Fsp3) is 0.611. The van der Waals surface area contributed by atoms with E-state index in [1.165, 1.54) is 5.56 Å². The van der Waals surface area contributed by atoms with Crippen molar-refractivity contribution in [2.45, 2.75) is 38.6 Å². The van der Waals surface area contributed by atoms with Crippen LogP contribution in [-0.2, 0) is 11.2 Å². The average molecular weight is 338 g/mol. The van der Waals surface area contributed by atoms with Crippen LogP contribution in [0, 0.1) is 5.92 Å². The van der Waals surface area contributed by atoms with Crippen LogP contribution < -0.4 is 10.6 Å². The Labute approximate surface area is 145 Å². The molecule has 0 radical (unpaired) electrons. The Morgan fingerprint density at radius 2 is 1.96 bits per heavy atom. The summed E-state index contributed by atoms with van der Waals surface area (Å²) in [4.78, 5) is 17.0. The van der Waals surface area contributed by atoms with Gasteiger partial charge in [-0.25, -0.2) is 0 Å². The number of carbonyl (C=O) groups excluding carboxylic acids is 1. The number of anilines is 1. The third-order valence-corrected chi connectivity index (χ3v) is 5.15. The highest BCUT2D eigenvalue weighted by Crippen LogP contribution is 2.27. The normalized spacial score (nSPS) is 20.5. The van der Waals surface area contributed by atoms with Crippen LogP contribution in [-0.4, -0.2) is 43.0 Å². The lowest BCUT2D eigenvalue weighted by atomic mass is 9.91. The lowest BCUT2D eigenvalue weighted by Crippen LogP contribution is -2.46. The van der Waals surface area contributed by atoms with Crippen LogP contribution in [0.5, 0.6) is 0 Å². The van der Waals surface area contributed by atoms with E-state index < -0.39 is 0 Å². The Kier molecular flexibility index (Phi) is 6.45. The molecule has 2 N–H and O–H groups in total. The molecule has 1 aromatic rings. The molecule has 0 saturated carbocycles. The molecule has 2 heterocycles. The lowest BCUT2D eigenvalue weighted by Gasteiger charge is -2.35. The predicted octanol–water partition coefficient (Wildman–Crippen LogP) is 2.45. The van der Waals surface area contributed by atoms with Gasteiger partial charge in [-0.1, -0.05) is 18.2 Å². The molecule has 5 heteroatoms. The van der Waals surface area contributed by atoms with Crippen molar-refractivity contribution in [3.63, 3.8) is 0 Å². The third kappa shape index (κ3) is 4.25. The molecule has 4 nitrogen and oxygen atoms in total. The van der Waals surface area contributed by atoms with Gasteiger partial charge in [0.1, 0.15) is 0 Å². The quantitative estimate of drug-likeness (QED) is 0.921. The van der Waals surface area contributed by atoms with E-state index in [0.717, 1.165) is 51.0 Å². The summed E-state index contributed by atoms with van der Waals surface area (Å²) in [5, 5.41) is 0.